The Labute approximate surface area is 94.8 Å². The minimum absolute atomic E-state index is 0.652. The van der Waals surface area contributed by atoms with Crippen molar-refractivity contribution in [1.29, 1.82) is 0 Å². The van der Waals surface area contributed by atoms with Gasteiger partial charge in [0.2, 0.25) is 0 Å². The molecule has 1 aromatic heterocycles. The van der Waals surface area contributed by atoms with Gasteiger partial charge in [-0.1, -0.05) is 29.8 Å². The molecule has 82 valence electrons. The van der Waals surface area contributed by atoms with E-state index in [1.807, 2.05) is 38.1 Å². The second kappa shape index (κ2) is 4.41. The average Bonchev–Trinajstić information content (AvgIpc) is 2.29. The summed E-state index contributed by atoms with van der Waals surface area (Å²) in [6.07, 6.45) is 2.67. The zero-order valence-corrected chi connectivity index (χ0v) is 9.38. The van der Waals surface area contributed by atoms with Crippen molar-refractivity contribution < 1.29 is 5.11 Å². The predicted octanol–water partition coefficient (Wildman–Crippen LogP) is 2.18. The van der Waals surface area contributed by atoms with Gasteiger partial charge >= 0.3 is 0 Å². The van der Waals surface area contributed by atoms with Gasteiger partial charge in [0.1, 0.15) is 11.9 Å². The molecule has 0 amide bonds. The fourth-order valence-corrected chi connectivity index (χ4v) is 1.58. The smallest absolute Gasteiger partial charge is 0.125 e. The molecule has 0 bridgehead atoms. The van der Waals surface area contributed by atoms with Gasteiger partial charge in [-0.05, 0) is 19.4 Å². The Morgan fingerprint density at radius 3 is 2.38 bits per heavy atom. The third-order valence-corrected chi connectivity index (χ3v) is 2.47. The van der Waals surface area contributed by atoms with E-state index >= 15 is 0 Å². The number of aromatic nitrogens is 2. The zero-order chi connectivity index (χ0) is 11.5. The molecule has 2 rings (SSSR count). The number of benzene rings is 1. The van der Waals surface area contributed by atoms with E-state index in [0.717, 1.165) is 16.7 Å². The van der Waals surface area contributed by atoms with Crippen LogP contribution in [-0.2, 0) is 0 Å². The van der Waals surface area contributed by atoms with E-state index in [1.54, 1.807) is 12.4 Å². The highest BCUT2D eigenvalue weighted by Gasteiger charge is 2.10. The molecular weight excluding hydrogens is 200 g/mol. The van der Waals surface area contributed by atoms with Crippen LogP contribution in [-0.4, -0.2) is 15.1 Å². The summed E-state index contributed by atoms with van der Waals surface area (Å²) in [5.41, 5.74) is 2.72. The lowest BCUT2D eigenvalue weighted by molar-refractivity contribution is 0.219. The maximum atomic E-state index is 10.1. The molecule has 1 atom stereocenters. The van der Waals surface area contributed by atoms with Crippen molar-refractivity contribution in [2.24, 2.45) is 0 Å². The Morgan fingerprint density at radius 2 is 1.75 bits per heavy atom. The topological polar surface area (TPSA) is 46.0 Å². The number of aliphatic hydroxyl groups excluding tert-OH is 1. The predicted molar refractivity (Wildman–Crippen MR) is 62.0 cm³/mol. The summed E-state index contributed by atoms with van der Waals surface area (Å²) in [7, 11) is 0. The third kappa shape index (κ3) is 2.25. The lowest BCUT2D eigenvalue weighted by Crippen LogP contribution is -2.02. The molecule has 1 N–H and O–H groups in total. The minimum Gasteiger partial charge on any atom is -0.384 e. The largest absolute Gasteiger partial charge is 0.384 e. The monoisotopic (exact) mass is 214 g/mol. The van der Waals surface area contributed by atoms with Gasteiger partial charge in [0.15, 0.2) is 0 Å². The quantitative estimate of drug-likeness (QED) is 0.833. The van der Waals surface area contributed by atoms with Gasteiger partial charge < -0.3 is 5.11 Å². The Hall–Kier alpha value is -1.74. The highest BCUT2D eigenvalue weighted by atomic mass is 16.3. The highest BCUT2D eigenvalue weighted by molar-refractivity contribution is 5.30. The Balaban J connectivity index is 2.31. The van der Waals surface area contributed by atoms with Crippen LogP contribution in [0.4, 0.5) is 0 Å². The van der Waals surface area contributed by atoms with Crippen molar-refractivity contribution >= 4 is 0 Å². The molecule has 0 radical (unpaired) electrons. The fourth-order valence-electron chi connectivity index (χ4n) is 1.58. The highest BCUT2D eigenvalue weighted by Crippen LogP contribution is 2.21. The van der Waals surface area contributed by atoms with Gasteiger partial charge in [-0.25, -0.2) is 9.97 Å². The van der Waals surface area contributed by atoms with Crippen molar-refractivity contribution in [2.75, 3.05) is 0 Å². The summed E-state index contributed by atoms with van der Waals surface area (Å²) in [5, 5.41) is 10.1. The van der Waals surface area contributed by atoms with Gasteiger partial charge in [0.25, 0.3) is 0 Å². The first-order chi connectivity index (χ1) is 7.66. The molecular formula is C13H14N2O. The van der Waals surface area contributed by atoms with Crippen LogP contribution in [0.15, 0.2) is 36.7 Å². The Morgan fingerprint density at radius 1 is 1.06 bits per heavy atom. The van der Waals surface area contributed by atoms with E-state index in [0.29, 0.717) is 5.82 Å². The summed E-state index contributed by atoms with van der Waals surface area (Å²) in [6, 6.07) is 7.80. The van der Waals surface area contributed by atoms with Crippen LogP contribution in [0.5, 0.6) is 0 Å². The molecule has 2 aromatic rings. The van der Waals surface area contributed by atoms with Crippen LogP contribution in [0.2, 0.25) is 0 Å². The number of nitrogens with zero attached hydrogens (tertiary/aromatic N) is 2. The standard InChI is InChI=1S/C13H14N2O/c1-9-4-3-5-11(6-9)13(16)12-7-14-10(2)15-8-12/h3-8,13,16H,1-2H3. The molecule has 0 aliphatic rings. The van der Waals surface area contributed by atoms with Crippen LogP contribution < -0.4 is 0 Å². The van der Waals surface area contributed by atoms with E-state index in [-0.39, 0.29) is 0 Å². The third-order valence-electron chi connectivity index (χ3n) is 2.47. The summed E-state index contributed by atoms with van der Waals surface area (Å²) in [4.78, 5) is 8.15. The molecule has 0 spiro atoms. The summed E-state index contributed by atoms with van der Waals surface area (Å²) < 4.78 is 0. The van der Waals surface area contributed by atoms with E-state index < -0.39 is 6.10 Å². The van der Waals surface area contributed by atoms with E-state index in [4.69, 9.17) is 0 Å². The molecule has 1 unspecified atom stereocenters. The number of hydrogen-bond donors (Lipinski definition) is 1. The molecule has 0 saturated heterocycles. The van der Waals surface area contributed by atoms with Crippen LogP contribution >= 0.6 is 0 Å². The van der Waals surface area contributed by atoms with Gasteiger partial charge in [-0.3, -0.25) is 0 Å². The van der Waals surface area contributed by atoms with Crippen LogP contribution in [0.1, 0.15) is 28.6 Å². The lowest BCUT2D eigenvalue weighted by Gasteiger charge is -2.11. The normalized spacial score (nSPS) is 12.4. The van der Waals surface area contributed by atoms with Crippen molar-refractivity contribution in [1.82, 2.24) is 9.97 Å². The first kappa shape index (κ1) is 10.8. The molecule has 0 saturated carbocycles. The van der Waals surface area contributed by atoms with Crippen molar-refractivity contribution in [3.63, 3.8) is 0 Å². The van der Waals surface area contributed by atoms with Crippen LogP contribution in [0, 0.1) is 13.8 Å². The van der Waals surface area contributed by atoms with Gasteiger partial charge in [0, 0.05) is 18.0 Å². The molecule has 0 fully saturated rings. The summed E-state index contributed by atoms with van der Waals surface area (Å²) in [6.45, 7) is 3.82. The van der Waals surface area contributed by atoms with Crippen molar-refractivity contribution in [3.8, 4) is 0 Å². The number of aryl methyl sites for hydroxylation is 2. The Kier molecular flexibility index (Phi) is 2.97. The second-order valence-electron chi connectivity index (χ2n) is 3.88. The average molecular weight is 214 g/mol. The lowest BCUT2D eigenvalue weighted by atomic mass is 10.0. The van der Waals surface area contributed by atoms with Crippen molar-refractivity contribution in [3.05, 3.63) is 59.2 Å². The minimum atomic E-state index is -0.652. The fraction of sp³-hybridized carbons (Fsp3) is 0.231. The molecule has 1 aromatic carbocycles. The maximum Gasteiger partial charge on any atom is 0.125 e. The Bertz CT molecular complexity index is 480. The van der Waals surface area contributed by atoms with Gasteiger partial charge in [-0.15, -0.1) is 0 Å². The molecule has 3 heteroatoms. The summed E-state index contributed by atoms with van der Waals surface area (Å²) in [5.74, 6) is 0.709. The first-order valence-electron chi connectivity index (χ1n) is 5.20. The molecule has 3 nitrogen and oxygen atoms in total. The van der Waals surface area contributed by atoms with E-state index in [9.17, 15) is 5.11 Å². The molecule has 0 aliphatic heterocycles. The molecule has 0 aliphatic carbocycles. The van der Waals surface area contributed by atoms with Gasteiger partial charge in [0.05, 0.1) is 0 Å². The number of hydrogen-bond acceptors (Lipinski definition) is 3. The first-order valence-corrected chi connectivity index (χ1v) is 5.20. The number of rotatable bonds is 2. The van der Waals surface area contributed by atoms with Crippen LogP contribution in [0.3, 0.4) is 0 Å². The number of aliphatic hydroxyl groups is 1. The maximum absolute atomic E-state index is 10.1. The van der Waals surface area contributed by atoms with Gasteiger partial charge in [-0.2, -0.15) is 0 Å². The summed E-state index contributed by atoms with van der Waals surface area (Å²) >= 11 is 0. The van der Waals surface area contributed by atoms with E-state index in [2.05, 4.69) is 9.97 Å². The molecule has 16 heavy (non-hydrogen) atoms. The second-order valence-corrected chi connectivity index (χ2v) is 3.88. The van der Waals surface area contributed by atoms with Crippen molar-refractivity contribution in [2.45, 2.75) is 20.0 Å². The van der Waals surface area contributed by atoms with Crippen LogP contribution in [0.25, 0.3) is 0 Å². The zero-order valence-electron chi connectivity index (χ0n) is 9.38. The SMILES string of the molecule is Cc1cccc(C(O)c2cnc(C)nc2)c1. The molecule has 1 heterocycles. The van der Waals surface area contributed by atoms with E-state index in [1.165, 1.54) is 0 Å².